The number of esters is 2. The van der Waals surface area contributed by atoms with E-state index in [-0.39, 0.29) is 46.4 Å². The van der Waals surface area contributed by atoms with Crippen molar-refractivity contribution in [2.75, 3.05) is 0 Å². The van der Waals surface area contributed by atoms with Crippen molar-refractivity contribution in [3.8, 4) is 28.0 Å². The summed E-state index contributed by atoms with van der Waals surface area (Å²) >= 11 is 0. The normalized spacial score (nSPS) is 12.1. The molecular formula is C37H41F5O6. The van der Waals surface area contributed by atoms with E-state index >= 15 is 8.78 Å². The molecule has 3 aromatic rings. The van der Waals surface area contributed by atoms with Gasteiger partial charge in [-0.05, 0) is 77.9 Å². The molecule has 0 aliphatic carbocycles. The minimum atomic E-state index is -4.83. The van der Waals surface area contributed by atoms with Crippen molar-refractivity contribution in [2.24, 2.45) is 0 Å². The minimum Gasteiger partial charge on any atom is -0.478 e. The highest BCUT2D eigenvalue weighted by Crippen LogP contribution is 2.36. The van der Waals surface area contributed by atoms with E-state index in [1.807, 2.05) is 0 Å². The van der Waals surface area contributed by atoms with E-state index in [1.165, 1.54) is 55.7 Å². The number of carboxylic acids is 1. The van der Waals surface area contributed by atoms with Crippen LogP contribution in [-0.2, 0) is 9.53 Å². The fraction of sp³-hybridized carbons (Fsp3) is 0.432. The molecule has 0 amide bonds. The third-order valence-corrected chi connectivity index (χ3v) is 7.90. The highest BCUT2D eigenvalue weighted by Gasteiger charge is 2.42. The molecule has 0 radical (unpaired) electrons. The Bertz CT molecular complexity index is 1550. The molecule has 3 aromatic carbocycles. The summed E-state index contributed by atoms with van der Waals surface area (Å²) in [6.07, 6.45) is 1.38. The number of hydrogen-bond donors (Lipinski definition) is 1. The van der Waals surface area contributed by atoms with Crippen LogP contribution in [0.5, 0.6) is 5.75 Å². The van der Waals surface area contributed by atoms with Crippen molar-refractivity contribution in [1.82, 2.24) is 0 Å². The van der Waals surface area contributed by atoms with E-state index in [2.05, 4.69) is 11.7 Å². The lowest BCUT2D eigenvalue weighted by molar-refractivity contribution is -0.206. The molecule has 11 heteroatoms. The van der Waals surface area contributed by atoms with Crippen molar-refractivity contribution >= 4 is 17.9 Å². The molecule has 48 heavy (non-hydrogen) atoms. The number of unbranched alkanes of at least 4 members (excludes halogenated alkanes) is 8. The van der Waals surface area contributed by atoms with Gasteiger partial charge in [0.2, 0.25) is 0 Å². The maximum absolute atomic E-state index is 15.2. The molecule has 0 aromatic heterocycles. The maximum Gasteiger partial charge on any atom is 0.425 e. The largest absolute Gasteiger partial charge is 0.478 e. The maximum atomic E-state index is 15.2. The summed E-state index contributed by atoms with van der Waals surface area (Å²) in [6.45, 7) is 3.83. The molecule has 0 saturated carbocycles. The Morgan fingerprint density at radius 1 is 0.729 bits per heavy atom. The Morgan fingerprint density at radius 3 is 1.94 bits per heavy atom. The van der Waals surface area contributed by atoms with Crippen LogP contribution in [0.4, 0.5) is 22.0 Å². The van der Waals surface area contributed by atoms with Crippen LogP contribution >= 0.6 is 0 Å². The average Bonchev–Trinajstić information content (AvgIpc) is 3.04. The van der Waals surface area contributed by atoms with Gasteiger partial charge in [-0.2, -0.15) is 13.2 Å². The molecule has 0 spiro atoms. The molecule has 0 fully saturated rings. The van der Waals surface area contributed by atoms with Gasteiger partial charge in [-0.1, -0.05) is 83.4 Å². The summed E-state index contributed by atoms with van der Waals surface area (Å²) in [6, 6.07) is 10.8. The molecule has 0 saturated heterocycles. The van der Waals surface area contributed by atoms with Gasteiger partial charge in [0.1, 0.15) is 5.82 Å². The average molecular weight is 677 g/mol. The van der Waals surface area contributed by atoms with Crippen LogP contribution in [0, 0.1) is 11.6 Å². The van der Waals surface area contributed by atoms with E-state index in [0.29, 0.717) is 12.8 Å². The number of halogens is 5. The SMILES string of the molecule is CCCCCCCCCCC(=O)Oc1ccc(-c2ccc(C(=O)O)cc2-c2ccc(C(=O)OC(CCCC)C(F)(F)F)c(F)c2)cc1F. The Morgan fingerprint density at radius 2 is 1.33 bits per heavy atom. The lowest BCUT2D eigenvalue weighted by Gasteiger charge is -2.20. The van der Waals surface area contributed by atoms with Gasteiger partial charge < -0.3 is 14.6 Å². The Hall–Kier alpha value is -4.28. The number of carbonyl (C=O) groups excluding carboxylic acids is 2. The van der Waals surface area contributed by atoms with Crippen molar-refractivity contribution in [3.05, 3.63) is 77.4 Å². The second-order valence-corrected chi connectivity index (χ2v) is 11.7. The van der Waals surface area contributed by atoms with E-state index < -0.39 is 53.8 Å². The molecule has 0 heterocycles. The van der Waals surface area contributed by atoms with Crippen LogP contribution < -0.4 is 4.74 Å². The summed E-state index contributed by atoms with van der Waals surface area (Å²) in [5.41, 5.74) is -0.166. The number of aromatic carboxylic acids is 1. The van der Waals surface area contributed by atoms with Crippen molar-refractivity contribution < 1.29 is 50.9 Å². The van der Waals surface area contributed by atoms with E-state index in [9.17, 15) is 32.7 Å². The van der Waals surface area contributed by atoms with Crippen molar-refractivity contribution in [3.63, 3.8) is 0 Å². The van der Waals surface area contributed by atoms with Crippen LogP contribution in [0.25, 0.3) is 22.3 Å². The van der Waals surface area contributed by atoms with Gasteiger partial charge in [0.25, 0.3) is 0 Å². The summed E-state index contributed by atoms with van der Waals surface area (Å²) < 4.78 is 80.3. The zero-order valence-electron chi connectivity index (χ0n) is 27.1. The van der Waals surface area contributed by atoms with Crippen LogP contribution in [0.3, 0.4) is 0 Å². The van der Waals surface area contributed by atoms with Gasteiger partial charge in [-0.15, -0.1) is 0 Å². The van der Waals surface area contributed by atoms with Crippen molar-refractivity contribution in [2.45, 2.75) is 103 Å². The van der Waals surface area contributed by atoms with Crippen LogP contribution in [0.1, 0.15) is 112 Å². The summed E-state index contributed by atoms with van der Waals surface area (Å²) in [5, 5.41) is 9.56. The number of alkyl halides is 3. The monoisotopic (exact) mass is 676 g/mol. The van der Waals surface area contributed by atoms with E-state index in [0.717, 1.165) is 43.9 Å². The van der Waals surface area contributed by atoms with Gasteiger partial charge in [0.05, 0.1) is 11.1 Å². The number of carboxylic acid groups (broad SMARTS) is 1. The van der Waals surface area contributed by atoms with Gasteiger partial charge in [0.15, 0.2) is 17.7 Å². The standard InChI is InChI=1S/C37H41F5O6/c1-3-5-7-8-9-10-11-12-14-34(43)47-32-20-17-24(23-31(32)39)27-18-16-26(35(44)45)21-29(27)25-15-19-28(30(38)22-25)36(46)48-33(13-6-4-2)37(40,41)42/h15-23,33H,3-14H2,1-2H3,(H,44,45). The molecule has 1 N–H and O–H groups in total. The molecule has 6 nitrogen and oxygen atoms in total. The predicted molar refractivity (Wildman–Crippen MR) is 172 cm³/mol. The number of carbonyl (C=O) groups is 3. The molecular weight excluding hydrogens is 635 g/mol. The Labute approximate surface area is 277 Å². The Balaban J connectivity index is 1.80. The van der Waals surface area contributed by atoms with Crippen molar-refractivity contribution in [1.29, 1.82) is 0 Å². The number of hydrogen-bond acceptors (Lipinski definition) is 5. The molecule has 0 bridgehead atoms. The van der Waals surface area contributed by atoms with Crippen LogP contribution in [0.2, 0.25) is 0 Å². The number of ether oxygens (including phenoxy) is 2. The summed E-state index contributed by atoms with van der Waals surface area (Å²) in [5.74, 6) is -5.68. The van der Waals surface area contributed by atoms with Crippen LogP contribution in [-0.4, -0.2) is 35.3 Å². The highest BCUT2D eigenvalue weighted by atomic mass is 19.4. The lowest BCUT2D eigenvalue weighted by atomic mass is 9.92. The molecule has 1 atom stereocenters. The highest BCUT2D eigenvalue weighted by molar-refractivity contribution is 5.95. The van der Waals surface area contributed by atoms with Gasteiger partial charge in [-0.3, -0.25) is 4.79 Å². The second-order valence-electron chi connectivity index (χ2n) is 11.7. The second kappa shape index (κ2) is 18.3. The number of benzene rings is 3. The lowest BCUT2D eigenvalue weighted by Crippen LogP contribution is -2.34. The first-order chi connectivity index (χ1) is 22.8. The van der Waals surface area contributed by atoms with Crippen LogP contribution in [0.15, 0.2) is 54.6 Å². The molecule has 3 rings (SSSR count). The zero-order chi connectivity index (χ0) is 35.3. The Kier molecular flexibility index (Phi) is 14.6. The third-order valence-electron chi connectivity index (χ3n) is 7.90. The summed E-state index contributed by atoms with van der Waals surface area (Å²) in [7, 11) is 0. The van der Waals surface area contributed by atoms with Gasteiger partial charge in [-0.25, -0.2) is 18.4 Å². The first-order valence-corrected chi connectivity index (χ1v) is 16.3. The molecule has 0 aliphatic heterocycles. The fourth-order valence-electron chi connectivity index (χ4n) is 5.22. The topological polar surface area (TPSA) is 89.9 Å². The first-order valence-electron chi connectivity index (χ1n) is 16.3. The summed E-state index contributed by atoms with van der Waals surface area (Å²) in [4.78, 5) is 36.6. The molecule has 1 unspecified atom stereocenters. The first kappa shape index (κ1) is 38.2. The van der Waals surface area contributed by atoms with Gasteiger partial charge >= 0.3 is 24.1 Å². The predicted octanol–water partition coefficient (Wildman–Crippen LogP) is 10.7. The third kappa shape index (κ3) is 11.2. The van der Waals surface area contributed by atoms with E-state index in [1.54, 1.807) is 6.92 Å². The number of rotatable bonds is 18. The van der Waals surface area contributed by atoms with Gasteiger partial charge in [0, 0.05) is 6.42 Å². The zero-order valence-corrected chi connectivity index (χ0v) is 27.1. The minimum absolute atomic E-state index is 0.0711. The smallest absolute Gasteiger partial charge is 0.425 e. The van der Waals surface area contributed by atoms with E-state index in [4.69, 9.17) is 4.74 Å². The fourth-order valence-corrected chi connectivity index (χ4v) is 5.22. The molecule has 260 valence electrons. The quantitative estimate of drug-likeness (QED) is 0.0624. The molecule has 0 aliphatic rings.